The molecule has 10 heteroatoms. The molecule has 0 unspecified atom stereocenters. The van der Waals surface area contributed by atoms with Gasteiger partial charge < -0.3 is 10.7 Å². The normalized spacial score (nSPS) is 17.4. The van der Waals surface area contributed by atoms with Crippen molar-refractivity contribution in [2.45, 2.75) is 29.5 Å². The van der Waals surface area contributed by atoms with E-state index in [4.69, 9.17) is 0 Å². The van der Waals surface area contributed by atoms with Gasteiger partial charge in [-0.25, -0.2) is 4.68 Å². The Labute approximate surface area is 203 Å². The quantitative estimate of drug-likeness (QED) is 0.382. The Morgan fingerprint density at radius 2 is 1.66 bits per heavy atom. The van der Waals surface area contributed by atoms with Crippen LogP contribution >= 0.6 is 11.8 Å². The van der Waals surface area contributed by atoms with Crippen LogP contribution in [0.2, 0.25) is 0 Å². The maximum absolute atomic E-state index is 13.5. The number of aromatic nitrogens is 3. The van der Waals surface area contributed by atoms with Gasteiger partial charge in [-0.05, 0) is 24.6 Å². The number of carbonyl (C=O) groups is 1. The van der Waals surface area contributed by atoms with Crippen molar-refractivity contribution in [2.75, 3.05) is 10.7 Å². The summed E-state index contributed by atoms with van der Waals surface area (Å²) in [4.78, 5) is 13.4. The lowest BCUT2D eigenvalue weighted by Gasteiger charge is -2.33. The number of alkyl halides is 3. The van der Waals surface area contributed by atoms with E-state index >= 15 is 0 Å². The van der Waals surface area contributed by atoms with E-state index in [1.54, 1.807) is 4.68 Å². The number of hydrogen-bond donors (Lipinski definition) is 2. The van der Waals surface area contributed by atoms with E-state index in [0.29, 0.717) is 11.0 Å². The van der Waals surface area contributed by atoms with Gasteiger partial charge in [0.05, 0.1) is 17.3 Å². The summed E-state index contributed by atoms with van der Waals surface area (Å²) in [5.41, 5.74) is 4.84. The van der Waals surface area contributed by atoms with Crippen LogP contribution < -0.4 is 10.7 Å². The Bertz CT molecular complexity index is 1360. The number of nitrogens with one attached hydrogen (secondary N) is 2. The molecule has 2 atom stereocenters. The van der Waals surface area contributed by atoms with Crippen LogP contribution in [0.25, 0.3) is 11.4 Å². The Morgan fingerprint density at radius 1 is 0.971 bits per heavy atom. The number of rotatable bonds is 4. The number of halogens is 3. The number of nitrogens with zero attached hydrogens (tertiary/aromatic N) is 3. The van der Waals surface area contributed by atoms with E-state index in [1.165, 1.54) is 18.2 Å². The molecule has 1 aliphatic rings. The second-order valence-corrected chi connectivity index (χ2v) is 9.20. The zero-order valence-corrected chi connectivity index (χ0v) is 19.3. The minimum atomic E-state index is -4.59. The number of carbonyl (C=O) groups excluding carboxylic acids is 1. The van der Waals surface area contributed by atoms with Gasteiger partial charge in [-0.1, -0.05) is 84.1 Å². The van der Waals surface area contributed by atoms with E-state index in [2.05, 4.69) is 20.9 Å². The average Bonchev–Trinajstić information content (AvgIpc) is 3.27. The van der Waals surface area contributed by atoms with Gasteiger partial charge in [0.15, 0.2) is 5.82 Å². The van der Waals surface area contributed by atoms with Gasteiger partial charge in [-0.2, -0.15) is 13.2 Å². The van der Waals surface area contributed by atoms with Crippen molar-refractivity contribution in [1.29, 1.82) is 0 Å². The fourth-order valence-electron chi connectivity index (χ4n) is 3.90. The van der Waals surface area contributed by atoms with E-state index < -0.39 is 28.9 Å². The van der Waals surface area contributed by atoms with Crippen molar-refractivity contribution >= 4 is 23.4 Å². The van der Waals surface area contributed by atoms with Crippen LogP contribution in [-0.4, -0.2) is 26.0 Å². The van der Waals surface area contributed by atoms with Crippen molar-refractivity contribution < 1.29 is 18.0 Å². The summed E-state index contributed by atoms with van der Waals surface area (Å²) in [7, 11) is 0. The van der Waals surface area contributed by atoms with Crippen LogP contribution in [0.3, 0.4) is 0 Å². The predicted molar refractivity (Wildman–Crippen MR) is 128 cm³/mol. The molecule has 3 aromatic carbocycles. The van der Waals surface area contributed by atoms with Gasteiger partial charge in [0.1, 0.15) is 5.25 Å². The summed E-state index contributed by atoms with van der Waals surface area (Å²) < 4.78 is 42.2. The molecule has 35 heavy (non-hydrogen) atoms. The Balaban J connectivity index is 1.52. The molecule has 0 aliphatic carbocycles. The van der Waals surface area contributed by atoms with Crippen LogP contribution in [0.5, 0.6) is 0 Å². The second-order valence-electron chi connectivity index (χ2n) is 8.10. The molecule has 0 radical (unpaired) electrons. The third-order valence-corrected chi connectivity index (χ3v) is 6.87. The highest BCUT2D eigenvalue weighted by Crippen LogP contribution is 2.40. The zero-order valence-electron chi connectivity index (χ0n) is 18.5. The number of para-hydroxylation sites is 1. The molecule has 0 bridgehead atoms. The standard InChI is InChI=1S/C25H20F3N5OS/c1-15-11-13-16(14-12-15)20-21(23(34)29-19-10-6-5-9-18(19)25(26,27)28)35-24-31-30-22(33(24)32-20)17-7-3-2-4-8-17/h2-14,20-21,32H,1H3,(H,29,34)/t20-,21-/m0/s1. The van der Waals surface area contributed by atoms with Crippen molar-refractivity contribution in [3.8, 4) is 11.4 Å². The average molecular weight is 496 g/mol. The highest BCUT2D eigenvalue weighted by Gasteiger charge is 2.39. The molecule has 0 spiro atoms. The molecule has 0 fully saturated rings. The van der Waals surface area contributed by atoms with Crippen LogP contribution in [0.1, 0.15) is 22.7 Å². The molecular weight excluding hydrogens is 475 g/mol. The topological polar surface area (TPSA) is 71.8 Å². The first-order chi connectivity index (χ1) is 16.8. The maximum Gasteiger partial charge on any atom is 0.418 e. The fraction of sp³-hybridized carbons (Fsp3) is 0.160. The largest absolute Gasteiger partial charge is 0.418 e. The van der Waals surface area contributed by atoms with Crippen LogP contribution in [-0.2, 0) is 11.0 Å². The number of fused-ring (bicyclic) bond motifs is 1. The van der Waals surface area contributed by atoms with Crippen molar-refractivity contribution in [1.82, 2.24) is 14.9 Å². The van der Waals surface area contributed by atoms with Gasteiger partial charge in [-0.15, -0.1) is 10.2 Å². The molecule has 6 nitrogen and oxygen atoms in total. The summed E-state index contributed by atoms with van der Waals surface area (Å²) in [6.07, 6.45) is -4.59. The SMILES string of the molecule is Cc1ccc([C@@H]2Nn3c(nnc3-c3ccccc3)S[C@@H]2C(=O)Nc2ccccc2C(F)(F)F)cc1. The number of anilines is 1. The minimum Gasteiger partial charge on any atom is -0.324 e. The van der Waals surface area contributed by atoms with Gasteiger partial charge in [0, 0.05) is 5.56 Å². The summed E-state index contributed by atoms with van der Waals surface area (Å²) in [5.74, 6) is 0.00627. The Kier molecular flexibility index (Phi) is 5.98. The first kappa shape index (κ1) is 23.0. The molecule has 0 saturated heterocycles. The van der Waals surface area contributed by atoms with E-state index in [1.807, 2.05) is 61.5 Å². The number of aryl methyl sites for hydroxylation is 1. The number of hydrogen-bond acceptors (Lipinski definition) is 5. The van der Waals surface area contributed by atoms with Gasteiger partial charge in [-0.3, -0.25) is 4.79 Å². The van der Waals surface area contributed by atoms with Crippen molar-refractivity contribution in [3.05, 3.63) is 95.6 Å². The van der Waals surface area contributed by atoms with Crippen LogP contribution in [0.15, 0.2) is 84.0 Å². The molecule has 4 aromatic rings. The molecule has 1 amide bonds. The highest BCUT2D eigenvalue weighted by molar-refractivity contribution is 8.00. The third kappa shape index (κ3) is 4.61. The molecule has 2 N–H and O–H groups in total. The Hall–Kier alpha value is -3.79. The van der Waals surface area contributed by atoms with Crippen molar-refractivity contribution in [2.24, 2.45) is 0 Å². The lowest BCUT2D eigenvalue weighted by molar-refractivity contribution is -0.137. The summed E-state index contributed by atoms with van der Waals surface area (Å²) in [6.45, 7) is 1.95. The molecule has 178 valence electrons. The molecule has 2 heterocycles. The van der Waals surface area contributed by atoms with Crippen LogP contribution in [0, 0.1) is 6.92 Å². The van der Waals surface area contributed by atoms with Crippen LogP contribution in [0.4, 0.5) is 18.9 Å². The zero-order chi connectivity index (χ0) is 24.6. The first-order valence-electron chi connectivity index (χ1n) is 10.8. The van der Waals surface area contributed by atoms with Gasteiger partial charge in [0.2, 0.25) is 11.1 Å². The van der Waals surface area contributed by atoms with Gasteiger partial charge >= 0.3 is 6.18 Å². The third-order valence-electron chi connectivity index (χ3n) is 5.65. The van der Waals surface area contributed by atoms with Gasteiger partial charge in [0.25, 0.3) is 0 Å². The highest BCUT2D eigenvalue weighted by atomic mass is 32.2. The van der Waals surface area contributed by atoms with E-state index in [-0.39, 0.29) is 5.69 Å². The lowest BCUT2D eigenvalue weighted by atomic mass is 10.0. The smallest absolute Gasteiger partial charge is 0.324 e. The van der Waals surface area contributed by atoms with E-state index in [0.717, 1.165) is 34.5 Å². The second kappa shape index (κ2) is 9.10. The lowest BCUT2D eigenvalue weighted by Crippen LogP contribution is -2.41. The molecular formula is C25H20F3N5OS. The summed E-state index contributed by atoms with van der Waals surface area (Å²) >= 11 is 1.15. The fourth-order valence-corrected chi connectivity index (χ4v) is 4.98. The maximum atomic E-state index is 13.5. The van der Waals surface area contributed by atoms with Crippen molar-refractivity contribution in [3.63, 3.8) is 0 Å². The number of benzene rings is 3. The molecule has 1 aliphatic heterocycles. The summed E-state index contributed by atoms with van der Waals surface area (Å²) in [5, 5.41) is 10.6. The molecule has 5 rings (SSSR count). The molecule has 1 aromatic heterocycles. The predicted octanol–water partition coefficient (Wildman–Crippen LogP) is 5.67. The first-order valence-corrected chi connectivity index (χ1v) is 11.7. The molecule has 0 saturated carbocycles. The summed E-state index contributed by atoms with van der Waals surface area (Å²) in [6, 6.07) is 21.5. The number of amides is 1. The van der Waals surface area contributed by atoms with E-state index in [9.17, 15) is 18.0 Å². The number of thioether (sulfide) groups is 1. The Morgan fingerprint density at radius 3 is 2.37 bits per heavy atom. The minimum absolute atomic E-state index is 0.287. The monoisotopic (exact) mass is 495 g/mol.